The van der Waals surface area contributed by atoms with Crippen LogP contribution in [0.5, 0.6) is 0 Å². The SMILES string of the molecule is CC(C)(C)C(N)c1nc(CSc2ccccc2)no1. The zero-order chi connectivity index (χ0) is 13.9. The molecule has 1 atom stereocenters. The minimum absolute atomic E-state index is 0.0869. The number of rotatable bonds is 4. The molecule has 0 aliphatic heterocycles. The third-order valence-electron chi connectivity index (χ3n) is 2.79. The zero-order valence-electron chi connectivity index (χ0n) is 11.5. The molecule has 2 aromatic rings. The summed E-state index contributed by atoms with van der Waals surface area (Å²) in [6.45, 7) is 6.17. The second kappa shape index (κ2) is 5.75. The summed E-state index contributed by atoms with van der Waals surface area (Å²) in [5.74, 6) is 1.88. The Morgan fingerprint density at radius 3 is 2.58 bits per heavy atom. The molecular formula is C14H19N3OS. The van der Waals surface area contributed by atoms with Crippen molar-refractivity contribution in [2.24, 2.45) is 11.1 Å². The van der Waals surface area contributed by atoms with Crippen molar-refractivity contribution >= 4 is 11.8 Å². The standard InChI is InChI=1S/C14H19N3OS/c1-14(2,3)12(15)13-16-11(17-18-13)9-19-10-7-5-4-6-8-10/h4-8,12H,9,15H2,1-3H3. The van der Waals surface area contributed by atoms with Crippen molar-refractivity contribution in [3.05, 3.63) is 42.0 Å². The Kier molecular flexibility index (Phi) is 4.27. The van der Waals surface area contributed by atoms with Crippen molar-refractivity contribution in [1.29, 1.82) is 0 Å². The van der Waals surface area contributed by atoms with Crippen molar-refractivity contribution in [2.45, 2.75) is 37.5 Å². The highest BCUT2D eigenvalue weighted by Gasteiger charge is 2.27. The molecule has 2 N–H and O–H groups in total. The molecule has 1 unspecified atom stereocenters. The molecule has 0 bridgehead atoms. The van der Waals surface area contributed by atoms with Crippen LogP contribution in [0.2, 0.25) is 0 Å². The average Bonchev–Trinajstić information content (AvgIpc) is 2.84. The van der Waals surface area contributed by atoms with Crippen LogP contribution in [-0.4, -0.2) is 10.1 Å². The van der Waals surface area contributed by atoms with E-state index in [1.54, 1.807) is 11.8 Å². The normalized spacial score (nSPS) is 13.5. The van der Waals surface area contributed by atoms with Gasteiger partial charge in [0.15, 0.2) is 5.82 Å². The molecule has 1 heterocycles. The van der Waals surface area contributed by atoms with E-state index in [4.69, 9.17) is 10.3 Å². The van der Waals surface area contributed by atoms with Crippen LogP contribution in [0.15, 0.2) is 39.8 Å². The van der Waals surface area contributed by atoms with E-state index in [0.717, 1.165) is 0 Å². The highest BCUT2D eigenvalue weighted by molar-refractivity contribution is 7.98. The Labute approximate surface area is 117 Å². The van der Waals surface area contributed by atoms with Gasteiger partial charge in [0.25, 0.3) is 0 Å². The van der Waals surface area contributed by atoms with Crippen molar-refractivity contribution in [3.8, 4) is 0 Å². The van der Waals surface area contributed by atoms with Crippen LogP contribution < -0.4 is 5.73 Å². The monoisotopic (exact) mass is 277 g/mol. The maximum atomic E-state index is 6.09. The van der Waals surface area contributed by atoms with Gasteiger partial charge in [-0.15, -0.1) is 11.8 Å². The molecular weight excluding hydrogens is 258 g/mol. The Morgan fingerprint density at radius 2 is 1.95 bits per heavy atom. The first-order chi connectivity index (χ1) is 8.97. The topological polar surface area (TPSA) is 64.9 Å². The molecule has 0 saturated heterocycles. The average molecular weight is 277 g/mol. The van der Waals surface area contributed by atoms with Crippen molar-refractivity contribution in [1.82, 2.24) is 10.1 Å². The Bertz CT molecular complexity index is 519. The first kappa shape index (κ1) is 14.1. The number of nitrogens with two attached hydrogens (primary N) is 1. The van der Waals surface area contributed by atoms with Crippen molar-refractivity contribution < 1.29 is 4.52 Å². The third-order valence-corrected chi connectivity index (χ3v) is 3.80. The lowest BCUT2D eigenvalue weighted by molar-refractivity contribution is 0.252. The Morgan fingerprint density at radius 1 is 1.26 bits per heavy atom. The van der Waals surface area contributed by atoms with E-state index >= 15 is 0 Å². The predicted molar refractivity (Wildman–Crippen MR) is 76.7 cm³/mol. The first-order valence-electron chi connectivity index (χ1n) is 6.23. The Hall–Kier alpha value is -1.33. The van der Waals surface area contributed by atoms with Gasteiger partial charge in [-0.1, -0.05) is 44.1 Å². The van der Waals surface area contributed by atoms with Gasteiger partial charge >= 0.3 is 0 Å². The van der Waals surface area contributed by atoms with Crippen LogP contribution in [0, 0.1) is 5.41 Å². The molecule has 19 heavy (non-hydrogen) atoms. The third kappa shape index (κ3) is 3.81. The van der Waals surface area contributed by atoms with Crippen LogP contribution >= 0.6 is 11.8 Å². The lowest BCUT2D eigenvalue weighted by atomic mass is 9.87. The molecule has 0 spiro atoms. The number of hydrogen-bond acceptors (Lipinski definition) is 5. The highest BCUT2D eigenvalue weighted by Crippen LogP contribution is 2.30. The quantitative estimate of drug-likeness (QED) is 0.868. The maximum absolute atomic E-state index is 6.09. The maximum Gasteiger partial charge on any atom is 0.244 e. The van der Waals surface area contributed by atoms with Crippen molar-refractivity contribution in [2.75, 3.05) is 0 Å². The van der Waals surface area contributed by atoms with Gasteiger partial charge < -0.3 is 10.3 Å². The Balaban J connectivity index is 1.98. The summed E-state index contributed by atoms with van der Waals surface area (Å²) in [4.78, 5) is 5.56. The summed E-state index contributed by atoms with van der Waals surface area (Å²) >= 11 is 1.68. The molecule has 102 valence electrons. The minimum Gasteiger partial charge on any atom is -0.338 e. The molecule has 0 amide bonds. The smallest absolute Gasteiger partial charge is 0.244 e. The molecule has 1 aromatic heterocycles. The van der Waals surface area contributed by atoms with E-state index in [9.17, 15) is 0 Å². The molecule has 0 radical (unpaired) electrons. The van der Waals surface area contributed by atoms with Gasteiger partial charge in [0.2, 0.25) is 5.89 Å². The van der Waals surface area contributed by atoms with Crippen LogP contribution in [0.25, 0.3) is 0 Å². The fraction of sp³-hybridized carbons (Fsp3) is 0.429. The van der Waals surface area contributed by atoms with Crippen LogP contribution in [0.4, 0.5) is 0 Å². The number of aromatic nitrogens is 2. The van der Waals surface area contributed by atoms with E-state index in [1.807, 2.05) is 18.2 Å². The van der Waals surface area contributed by atoms with Gasteiger partial charge in [0.1, 0.15) is 0 Å². The molecule has 0 aliphatic carbocycles. The summed E-state index contributed by atoms with van der Waals surface area (Å²) in [7, 11) is 0. The van der Waals surface area contributed by atoms with Crippen molar-refractivity contribution in [3.63, 3.8) is 0 Å². The largest absolute Gasteiger partial charge is 0.338 e. The second-order valence-corrected chi connectivity index (χ2v) is 6.54. The summed E-state index contributed by atoms with van der Waals surface area (Å²) in [5, 5.41) is 3.98. The number of thioether (sulfide) groups is 1. The molecule has 2 rings (SSSR count). The lowest BCUT2D eigenvalue weighted by Gasteiger charge is -2.23. The van der Waals surface area contributed by atoms with Gasteiger partial charge in [0, 0.05) is 4.90 Å². The summed E-state index contributed by atoms with van der Waals surface area (Å²) < 4.78 is 5.24. The number of hydrogen-bond donors (Lipinski definition) is 1. The fourth-order valence-corrected chi connectivity index (χ4v) is 2.25. The van der Waals surface area contributed by atoms with Gasteiger partial charge in [-0.25, -0.2) is 0 Å². The van der Waals surface area contributed by atoms with Gasteiger partial charge in [-0.2, -0.15) is 4.98 Å². The zero-order valence-corrected chi connectivity index (χ0v) is 12.3. The molecule has 1 aromatic carbocycles. The van der Waals surface area contributed by atoms with Gasteiger partial charge in [-0.05, 0) is 17.5 Å². The summed E-state index contributed by atoms with van der Waals surface area (Å²) in [6.07, 6.45) is 0. The summed E-state index contributed by atoms with van der Waals surface area (Å²) in [5.41, 5.74) is 6.00. The first-order valence-corrected chi connectivity index (χ1v) is 7.21. The van der Waals surface area contributed by atoms with E-state index < -0.39 is 0 Å². The van der Waals surface area contributed by atoms with E-state index in [0.29, 0.717) is 17.5 Å². The van der Waals surface area contributed by atoms with E-state index in [1.165, 1.54) is 4.90 Å². The van der Waals surface area contributed by atoms with Gasteiger partial charge in [-0.3, -0.25) is 0 Å². The fourth-order valence-electron chi connectivity index (χ4n) is 1.49. The molecule has 4 nitrogen and oxygen atoms in total. The van der Waals surface area contributed by atoms with E-state index in [2.05, 4.69) is 43.0 Å². The molecule has 0 fully saturated rings. The summed E-state index contributed by atoms with van der Waals surface area (Å²) in [6, 6.07) is 9.91. The van der Waals surface area contributed by atoms with Gasteiger partial charge in [0.05, 0.1) is 11.8 Å². The molecule has 0 saturated carbocycles. The molecule has 0 aliphatic rings. The predicted octanol–water partition coefficient (Wildman–Crippen LogP) is 3.41. The second-order valence-electron chi connectivity index (χ2n) is 5.49. The highest BCUT2D eigenvalue weighted by atomic mass is 32.2. The van der Waals surface area contributed by atoms with Crippen LogP contribution in [0.3, 0.4) is 0 Å². The van der Waals surface area contributed by atoms with E-state index in [-0.39, 0.29) is 11.5 Å². The lowest BCUT2D eigenvalue weighted by Crippen LogP contribution is -2.26. The minimum atomic E-state index is -0.240. The van der Waals surface area contributed by atoms with Crippen LogP contribution in [-0.2, 0) is 5.75 Å². The molecule has 5 heteroatoms. The number of nitrogens with zero attached hydrogens (tertiary/aromatic N) is 2. The number of benzene rings is 1. The van der Waals surface area contributed by atoms with Crippen LogP contribution in [0.1, 0.15) is 38.5 Å².